The van der Waals surface area contributed by atoms with Gasteiger partial charge in [-0.25, -0.2) is 0 Å². The molecule has 0 atom stereocenters. The molecule has 4 N–H and O–H groups in total. The number of anilines is 1. The van der Waals surface area contributed by atoms with Gasteiger partial charge >= 0.3 is 0 Å². The molecular weight excluding hydrogens is 266 g/mol. The SMILES string of the molecule is Cc1ccc(CNC(=O)c2cc(Cl)ccc2NN)o1. The Balaban J connectivity index is 2.09. The Morgan fingerprint density at radius 2 is 2.16 bits per heavy atom. The summed E-state index contributed by atoms with van der Waals surface area (Å²) in [5.74, 6) is 6.58. The van der Waals surface area contributed by atoms with Crippen LogP contribution >= 0.6 is 11.6 Å². The van der Waals surface area contributed by atoms with Gasteiger partial charge in [0.15, 0.2) is 0 Å². The van der Waals surface area contributed by atoms with Crippen LogP contribution in [0.1, 0.15) is 21.9 Å². The predicted octanol–water partition coefficient (Wildman–Crippen LogP) is 2.46. The fourth-order valence-corrected chi connectivity index (χ4v) is 1.85. The zero-order valence-corrected chi connectivity index (χ0v) is 11.1. The number of nitrogens with two attached hydrogens (primary N) is 1. The highest BCUT2D eigenvalue weighted by Crippen LogP contribution is 2.20. The zero-order valence-electron chi connectivity index (χ0n) is 10.4. The number of nitrogens with one attached hydrogen (secondary N) is 2. The highest BCUT2D eigenvalue weighted by Gasteiger charge is 2.12. The molecule has 1 amide bonds. The molecule has 0 spiro atoms. The van der Waals surface area contributed by atoms with E-state index in [1.807, 2.05) is 19.1 Å². The maximum Gasteiger partial charge on any atom is 0.253 e. The van der Waals surface area contributed by atoms with Crippen LogP contribution < -0.4 is 16.6 Å². The van der Waals surface area contributed by atoms with E-state index >= 15 is 0 Å². The van der Waals surface area contributed by atoms with E-state index in [0.717, 1.165) is 5.76 Å². The molecule has 19 heavy (non-hydrogen) atoms. The largest absolute Gasteiger partial charge is 0.465 e. The Kier molecular flexibility index (Phi) is 4.09. The number of halogens is 1. The van der Waals surface area contributed by atoms with E-state index < -0.39 is 0 Å². The Morgan fingerprint density at radius 1 is 1.37 bits per heavy atom. The highest BCUT2D eigenvalue weighted by molar-refractivity contribution is 6.31. The van der Waals surface area contributed by atoms with Crippen molar-refractivity contribution >= 4 is 23.2 Å². The fourth-order valence-electron chi connectivity index (χ4n) is 1.67. The van der Waals surface area contributed by atoms with E-state index in [9.17, 15) is 4.79 Å². The van der Waals surface area contributed by atoms with Crippen molar-refractivity contribution in [2.24, 2.45) is 5.84 Å². The highest BCUT2D eigenvalue weighted by atomic mass is 35.5. The second kappa shape index (κ2) is 5.77. The minimum absolute atomic E-state index is 0.274. The third kappa shape index (κ3) is 3.27. The van der Waals surface area contributed by atoms with Crippen LogP contribution in [0.4, 0.5) is 5.69 Å². The summed E-state index contributed by atoms with van der Waals surface area (Å²) in [6.07, 6.45) is 0. The Morgan fingerprint density at radius 3 is 2.79 bits per heavy atom. The second-order valence-electron chi connectivity index (χ2n) is 4.03. The molecular formula is C13H14ClN3O2. The summed E-state index contributed by atoms with van der Waals surface area (Å²) >= 11 is 5.87. The van der Waals surface area contributed by atoms with Gasteiger partial charge in [0.05, 0.1) is 17.8 Å². The number of hydrogen-bond donors (Lipinski definition) is 3. The lowest BCUT2D eigenvalue weighted by molar-refractivity contribution is 0.0948. The Labute approximate surface area is 115 Å². The van der Waals surface area contributed by atoms with Crippen LogP contribution in [0.3, 0.4) is 0 Å². The molecule has 2 rings (SSSR count). The van der Waals surface area contributed by atoms with Crippen LogP contribution in [0.2, 0.25) is 5.02 Å². The zero-order chi connectivity index (χ0) is 13.8. The summed E-state index contributed by atoms with van der Waals surface area (Å²) in [6.45, 7) is 2.15. The van der Waals surface area contributed by atoms with Crippen molar-refractivity contribution in [3.63, 3.8) is 0 Å². The molecule has 0 unspecified atom stereocenters. The Bertz CT molecular complexity index is 595. The number of carbonyl (C=O) groups excluding carboxylic acids is 1. The average molecular weight is 280 g/mol. The van der Waals surface area contributed by atoms with Crippen LogP contribution in [-0.2, 0) is 6.54 Å². The number of hydrogen-bond acceptors (Lipinski definition) is 4. The van der Waals surface area contributed by atoms with Gasteiger partial charge < -0.3 is 15.2 Å². The number of hydrazine groups is 1. The number of amides is 1. The van der Waals surface area contributed by atoms with Gasteiger partial charge in [0.1, 0.15) is 11.5 Å². The number of rotatable bonds is 4. The molecule has 1 aromatic heterocycles. The lowest BCUT2D eigenvalue weighted by Crippen LogP contribution is -2.24. The van der Waals surface area contributed by atoms with Gasteiger partial charge in [-0.15, -0.1) is 0 Å². The van der Waals surface area contributed by atoms with Crippen LogP contribution in [0.25, 0.3) is 0 Å². The summed E-state index contributed by atoms with van der Waals surface area (Å²) in [5.41, 5.74) is 3.36. The summed E-state index contributed by atoms with van der Waals surface area (Å²) < 4.78 is 5.37. The predicted molar refractivity (Wildman–Crippen MR) is 73.9 cm³/mol. The van der Waals surface area contributed by atoms with Gasteiger partial charge in [-0.1, -0.05) is 11.6 Å². The van der Waals surface area contributed by atoms with Crippen molar-refractivity contribution in [3.8, 4) is 0 Å². The quantitative estimate of drug-likeness (QED) is 0.593. The molecule has 0 aliphatic rings. The summed E-state index contributed by atoms with van der Waals surface area (Å²) in [7, 11) is 0. The smallest absolute Gasteiger partial charge is 0.253 e. The minimum atomic E-state index is -0.274. The van der Waals surface area contributed by atoms with Crippen LogP contribution in [0, 0.1) is 6.92 Å². The first-order valence-corrected chi connectivity index (χ1v) is 6.07. The van der Waals surface area contributed by atoms with Gasteiger partial charge in [0, 0.05) is 5.02 Å². The first-order chi connectivity index (χ1) is 9.10. The molecule has 2 aromatic rings. The van der Waals surface area contributed by atoms with Gasteiger partial charge in [-0.05, 0) is 37.3 Å². The first-order valence-electron chi connectivity index (χ1n) is 5.70. The lowest BCUT2D eigenvalue weighted by atomic mass is 10.1. The third-order valence-electron chi connectivity index (χ3n) is 2.60. The third-order valence-corrected chi connectivity index (χ3v) is 2.84. The normalized spacial score (nSPS) is 10.3. The van der Waals surface area contributed by atoms with Gasteiger partial charge in [-0.3, -0.25) is 10.6 Å². The summed E-state index contributed by atoms with van der Waals surface area (Å²) in [6, 6.07) is 8.51. The molecule has 0 fully saturated rings. The van der Waals surface area contributed by atoms with Crippen molar-refractivity contribution in [3.05, 3.63) is 52.4 Å². The average Bonchev–Trinajstić information content (AvgIpc) is 2.81. The van der Waals surface area contributed by atoms with Crippen LogP contribution in [0.15, 0.2) is 34.7 Å². The number of nitrogen functional groups attached to an aromatic ring is 1. The number of carbonyl (C=O) groups is 1. The number of furan rings is 1. The van der Waals surface area contributed by atoms with Gasteiger partial charge in [0.25, 0.3) is 5.91 Å². The molecule has 0 saturated carbocycles. The fraction of sp³-hybridized carbons (Fsp3) is 0.154. The van der Waals surface area contributed by atoms with E-state index in [4.69, 9.17) is 21.9 Å². The van der Waals surface area contributed by atoms with Gasteiger partial charge in [-0.2, -0.15) is 0 Å². The Hall–Kier alpha value is -1.98. The van der Waals surface area contributed by atoms with Gasteiger partial charge in [0.2, 0.25) is 0 Å². The van der Waals surface area contributed by atoms with Crippen molar-refractivity contribution < 1.29 is 9.21 Å². The molecule has 1 aromatic carbocycles. The van der Waals surface area contributed by atoms with Crippen LogP contribution in [-0.4, -0.2) is 5.91 Å². The number of aryl methyl sites for hydroxylation is 1. The minimum Gasteiger partial charge on any atom is -0.465 e. The standard InChI is InChI=1S/C13H14ClN3O2/c1-8-2-4-10(19-8)7-16-13(18)11-6-9(14)3-5-12(11)17-15/h2-6,17H,7,15H2,1H3,(H,16,18). The topological polar surface area (TPSA) is 80.3 Å². The van der Waals surface area contributed by atoms with E-state index in [1.165, 1.54) is 0 Å². The van der Waals surface area contributed by atoms with E-state index in [-0.39, 0.29) is 5.91 Å². The monoisotopic (exact) mass is 279 g/mol. The summed E-state index contributed by atoms with van der Waals surface area (Å²) in [5, 5.41) is 3.21. The molecule has 0 aliphatic heterocycles. The molecule has 0 bridgehead atoms. The molecule has 0 radical (unpaired) electrons. The van der Waals surface area contributed by atoms with E-state index in [0.29, 0.717) is 28.6 Å². The maximum absolute atomic E-state index is 12.0. The molecule has 6 heteroatoms. The summed E-state index contributed by atoms with van der Waals surface area (Å²) in [4.78, 5) is 12.0. The van der Waals surface area contributed by atoms with E-state index in [1.54, 1.807) is 18.2 Å². The van der Waals surface area contributed by atoms with E-state index in [2.05, 4.69) is 10.7 Å². The molecule has 0 aliphatic carbocycles. The number of benzene rings is 1. The van der Waals surface area contributed by atoms with Crippen molar-refractivity contribution in [2.45, 2.75) is 13.5 Å². The molecule has 0 saturated heterocycles. The van der Waals surface area contributed by atoms with Crippen molar-refractivity contribution in [2.75, 3.05) is 5.43 Å². The van der Waals surface area contributed by atoms with Crippen molar-refractivity contribution in [1.82, 2.24) is 5.32 Å². The second-order valence-corrected chi connectivity index (χ2v) is 4.47. The van der Waals surface area contributed by atoms with Crippen molar-refractivity contribution in [1.29, 1.82) is 0 Å². The molecule has 100 valence electrons. The molecule has 5 nitrogen and oxygen atoms in total. The van der Waals surface area contributed by atoms with Crippen LogP contribution in [0.5, 0.6) is 0 Å². The molecule has 1 heterocycles. The maximum atomic E-state index is 12.0. The first kappa shape index (κ1) is 13.5. The lowest BCUT2D eigenvalue weighted by Gasteiger charge is -2.09.